The first-order valence-electron chi connectivity index (χ1n) is 8.82. The quantitative estimate of drug-likeness (QED) is 0.497. The number of ether oxygens (including phenoxy) is 1. The lowest BCUT2D eigenvalue weighted by Gasteiger charge is -2.13. The Morgan fingerprint density at radius 1 is 1.04 bits per heavy atom. The summed E-state index contributed by atoms with van der Waals surface area (Å²) in [5.41, 5.74) is 2.30. The third-order valence-corrected chi connectivity index (χ3v) is 5.26. The monoisotopic (exact) mass is 398 g/mol. The molecule has 0 aliphatic carbocycles. The normalized spacial score (nSPS) is 13.3. The third kappa shape index (κ3) is 6.78. The van der Waals surface area contributed by atoms with Gasteiger partial charge in [-0.05, 0) is 42.8 Å². The van der Waals surface area contributed by atoms with E-state index in [0.29, 0.717) is 6.61 Å². The van der Waals surface area contributed by atoms with Crippen molar-refractivity contribution in [1.29, 1.82) is 0 Å². The molecule has 5 nitrogen and oxygen atoms in total. The lowest BCUT2D eigenvalue weighted by molar-refractivity contribution is 0.344. The molecule has 3 aromatic rings. The van der Waals surface area contributed by atoms with Crippen molar-refractivity contribution in [2.24, 2.45) is 0 Å². The van der Waals surface area contributed by atoms with Crippen molar-refractivity contribution in [3.05, 3.63) is 72.7 Å². The first-order chi connectivity index (χ1) is 13.4. The molecule has 0 fully saturated rings. The number of rotatable bonds is 6. The molecule has 27 heavy (non-hydrogen) atoms. The van der Waals surface area contributed by atoms with E-state index in [2.05, 4.69) is 25.1 Å². The van der Waals surface area contributed by atoms with Crippen molar-refractivity contribution in [1.82, 2.24) is 19.0 Å². The van der Waals surface area contributed by atoms with Gasteiger partial charge in [0.15, 0.2) is 0 Å². The number of pyridine rings is 1. The second-order valence-electron chi connectivity index (χ2n) is 5.65. The molecule has 0 amide bonds. The molecule has 0 radical (unpaired) electrons. The zero-order chi connectivity index (χ0) is 18.6. The summed E-state index contributed by atoms with van der Waals surface area (Å²) < 4.78 is 14.5. The van der Waals surface area contributed by atoms with Crippen LogP contribution in [0.5, 0.6) is 5.75 Å². The average molecular weight is 399 g/mol. The molecule has 140 valence electrons. The third-order valence-electron chi connectivity index (χ3n) is 3.69. The van der Waals surface area contributed by atoms with Gasteiger partial charge in [-0.15, -0.1) is 0 Å². The second-order valence-corrected chi connectivity index (χ2v) is 7.26. The van der Waals surface area contributed by atoms with Gasteiger partial charge in [0, 0.05) is 24.7 Å². The van der Waals surface area contributed by atoms with Crippen LogP contribution >= 0.6 is 23.5 Å². The Hall–Kier alpha value is -2.22. The van der Waals surface area contributed by atoms with E-state index in [4.69, 9.17) is 4.74 Å². The molecule has 0 saturated carbocycles. The van der Waals surface area contributed by atoms with Gasteiger partial charge >= 0.3 is 0 Å². The Balaban J connectivity index is 0.000000299. The van der Waals surface area contributed by atoms with Gasteiger partial charge in [-0.25, -0.2) is 0 Å². The van der Waals surface area contributed by atoms with Crippen LogP contribution in [0, 0.1) is 0 Å². The van der Waals surface area contributed by atoms with Gasteiger partial charge in [-0.3, -0.25) is 4.98 Å². The number of benzene rings is 1. The maximum Gasteiger partial charge on any atom is 0.138 e. The Morgan fingerprint density at radius 2 is 1.85 bits per heavy atom. The summed E-state index contributed by atoms with van der Waals surface area (Å²) in [5, 5.41) is 4.39. The van der Waals surface area contributed by atoms with E-state index < -0.39 is 0 Å². The smallest absolute Gasteiger partial charge is 0.138 e. The minimum Gasteiger partial charge on any atom is -0.493 e. The predicted octanol–water partition coefficient (Wildman–Crippen LogP) is 4.17. The molecule has 0 saturated heterocycles. The van der Waals surface area contributed by atoms with Crippen LogP contribution in [-0.2, 0) is 0 Å². The second kappa shape index (κ2) is 11.5. The molecule has 2 aromatic heterocycles. The van der Waals surface area contributed by atoms with Crippen LogP contribution in [0.4, 0.5) is 0 Å². The van der Waals surface area contributed by atoms with Gasteiger partial charge < -0.3 is 10.1 Å². The number of hydrogen-bond donors (Lipinski definition) is 1. The number of hydrogen-bond acceptors (Lipinski definition) is 7. The molecular formula is C20H22N4OS2. The van der Waals surface area contributed by atoms with Gasteiger partial charge in [-0.2, -0.15) is 8.75 Å². The molecule has 7 heteroatoms. The number of para-hydroxylation sites is 1. The summed E-state index contributed by atoms with van der Waals surface area (Å²) in [6.07, 6.45) is 6.83. The Labute approximate surface area is 168 Å². The summed E-state index contributed by atoms with van der Waals surface area (Å²) in [4.78, 5) is 3.78. The molecule has 0 spiro atoms. The van der Waals surface area contributed by atoms with Crippen LogP contribution in [0.25, 0.3) is 5.57 Å². The number of aromatic nitrogens is 3. The Bertz CT molecular complexity index is 782. The fourth-order valence-corrected chi connectivity index (χ4v) is 3.95. The molecule has 0 bridgehead atoms. The van der Waals surface area contributed by atoms with Crippen LogP contribution < -0.4 is 10.1 Å². The van der Waals surface area contributed by atoms with Crippen LogP contribution in [0.1, 0.15) is 12.1 Å². The summed E-state index contributed by atoms with van der Waals surface area (Å²) in [5.74, 6) is 1.78. The molecule has 3 heterocycles. The predicted molar refractivity (Wildman–Crippen MR) is 112 cm³/mol. The van der Waals surface area contributed by atoms with E-state index in [0.717, 1.165) is 41.7 Å². The van der Waals surface area contributed by atoms with E-state index in [-0.39, 0.29) is 0 Å². The topological polar surface area (TPSA) is 59.9 Å². The van der Waals surface area contributed by atoms with Crippen LogP contribution in [-0.4, -0.2) is 39.2 Å². The van der Waals surface area contributed by atoms with Crippen LogP contribution in [0.2, 0.25) is 0 Å². The number of nitrogens with zero attached hydrogens (tertiary/aromatic N) is 3. The molecular weight excluding hydrogens is 376 g/mol. The molecule has 0 unspecified atom stereocenters. The lowest BCUT2D eigenvalue weighted by Crippen LogP contribution is -2.21. The molecule has 1 N–H and O–H groups in total. The fraction of sp³-hybridized carbons (Fsp3) is 0.250. The first kappa shape index (κ1) is 19.5. The zero-order valence-electron chi connectivity index (χ0n) is 15.0. The SMILES string of the molecule is C1=C(c2nsnc2SCCOc2ccccc2)CNCC1.c1ccncc1. The van der Waals surface area contributed by atoms with E-state index >= 15 is 0 Å². The largest absolute Gasteiger partial charge is 0.493 e. The summed E-state index contributed by atoms with van der Waals surface area (Å²) >= 11 is 2.99. The van der Waals surface area contributed by atoms with Crippen molar-refractivity contribution in [2.75, 3.05) is 25.4 Å². The highest BCUT2D eigenvalue weighted by Crippen LogP contribution is 2.27. The van der Waals surface area contributed by atoms with Gasteiger partial charge in [0.2, 0.25) is 0 Å². The molecule has 0 atom stereocenters. The maximum atomic E-state index is 5.70. The van der Waals surface area contributed by atoms with Crippen molar-refractivity contribution >= 4 is 29.1 Å². The minimum absolute atomic E-state index is 0.670. The molecule has 1 aromatic carbocycles. The lowest BCUT2D eigenvalue weighted by atomic mass is 10.1. The summed E-state index contributed by atoms with van der Waals surface area (Å²) in [6, 6.07) is 15.6. The maximum absolute atomic E-state index is 5.70. The fourth-order valence-electron chi connectivity index (χ4n) is 2.42. The van der Waals surface area contributed by atoms with Crippen molar-refractivity contribution in [2.45, 2.75) is 11.4 Å². The first-order valence-corrected chi connectivity index (χ1v) is 10.5. The molecule has 4 rings (SSSR count). The highest BCUT2D eigenvalue weighted by molar-refractivity contribution is 7.99. The standard InChI is InChI=1S/C15H17N3OS2.C5H5N/c1-2-6-13(7-3-1)19-9-10-20-15-14(17-21-18-15)12-5-4-8-16-11-12;1-2-4-6-5-3-1/h1-3,5-7,16H,4,8-11H2;1-5H. The summed E-state index contributed by atoms with van der Waals surface area (Å²) in [7, 11) is 0. The zero-order valence-corrected chi connectivity index (χ0v) is 16.6. The van der Waals surface area contributed by atoms with Gasteiger partial charge in [0.05, 0.1) is 18.3 Å². The van der Waals surface area contributed by atoms with Crippen molar-refractivity contribution < 1.29 is 4.74 Å². The average Bonchev–Trinajstić information content (AvgIpc) is 3.23. The van der Waals surface area contributed by atoms with E-state index in [1.165, 1.54) is 17.3 Å². The Morgan fingerprint density at radius 3 is 2.52 bits per heavy atom. The van der Waals surface area contributed by atoms with Crippen molar-refractivity contribution in [3.63, 3.8) is 0 Å². The number of nitrogens with one attached hydrogen (secondary N) is 1. The number of thioether (sulfide) groups is 1. The minimum atomic E-state index is 0.670. The van der Waals surface area contributed by atoms with Crippen LogP contribution in [0.15, 0.2) is 72.0 Å². The van der Waals surface area contributed by atoms with E-state index in [9.17, 15) is 0 Å². The van der Waals surface area contributed by atoms with Crippen molar-refractivity contribution in [3.8, 4) is 5.75 Å². The van der Waals surface area contributed by atoms with Gasteiger partial charge in [-0.1, -0.05) is 42.1 Å². The van der Waals surface area contributed by atoms with Gasteiger partial charge in [0.25, 0.3) is 0 Å². The summed E-state index contributed by atoms with van der Waals surface area (Å²) in [6.45, 7) is 2.61. The van der Waals surface area contributed by atoms with Crippen LogP contribution in [0.3, 0.4) is 0 Å². The molecule has 1 aliphatic heterocycles. The Kier molecular flexibility index (Phi) is 8.31. The van der Waals surface area contributed by atoms with E-state index in [1.807, 2.05) is 48.5 Å². The molecule has 1 aliphatic rings. The highest BCUT2D eigenvalue weighted by Gasteiger charge is 2.15. The van der Waals surface area contributed by atoms with Gasteiger partial charge in [0.1, 0.15) is 16.5 Å². The van der Waals surface area contributed by atoms with E-state index in [1.54, 1.807) is 24.2 Å². The highest BCUT2D eigenvalue weighted by atomic mass is 32.2.